The van der Waals surface area contributed by atoms with Crippen LogP contribution >= 0.6 is 11.8 Å². The van der Waals surface area contributed by atoms with Gasteiger partial charge in [-0.2, -0.15) is 0 Å². The minimum atomic E-state index is -2.77. The van der Waals surface area contributed by atoms with Gasteiger partial charge >= 0.3 is 8.56 Å². The molecule has 0 radical (unpaired) electrons. The minimum Gasteiger partial charge on any atom is -0.485 e. The summed E-state index contributed by atoms with van der Waals surface area (Å²) in [6, 6.07) is 0.506. The molecule has 0 N–H and O–H groups in total. The Hall–Kier alpha value is -0.823. The van der Waals surface area contributed by atoms with Gasteiger partial charge in [0.2, 0.25) is 0 Å². The van der Waals surface area contributed by atoms with E-state index < -0.39 is 20.5 Å². The van der Waals surface area contributed by atoms with E-state index in [0.29, 0.717) is 18.2 Å². The van der Waals surface area contributed by atoms with Crippen LogP contribution in [0.5, 0.6) is 0 Å². The third-order valence-electron chi connectivity index (χ3n) is 1.80. The van der Waals surface area contributed by atoms with Crippen molar-refractivity contribution in [1.82, 2.24) is 0 Å². The van der Waals surface area contributed by atoms with E-state index in [1.54, 1.807) is 6.55 Å². The van der Waals surface area contributed by atoms with Crippen LogP contribution in [-0.2, 0) is 23.2 Å². The molecule has 0 unspecified atom stereocenters. The molecule has 7 heteroatoms. The zero-order valence-corrected chi connectivity index (χ0v) is 12.4. The van der Waals surface area contributed by atoms with Crippen molar-refractivity contribution in [3.05, 3.63) is 0 Å². The summed E-state index contributed by atoms with van der Waals surface area (Å²) in [7, 11) is -2.77. The van der Waals surface area contributed by atoms with Crippen LogP contribution < -0.4 is 0 Å². The zero-order valence-electron chi connectivity index (χ0n) is 10.6. The summed E-state index contributed by atoms with van der Waals surface area (Å²) in [5, 5.41) is 0.0494. The predicted molar refractivity (Wildman–Crippen MR) is 67.7 cm³/mol. The van der Waals surface area contributed by atoms with Gasteiger partial charge in [-0.05, 0) is 6.42 Å². The van der Waals surface area contributed by atoms with Gasteiger partial charge in [-0.25, -0.2) is 0 Å². The van der Waals surface area contributed by atoms with E-state index >= 15 is 0 Å². The van der Waals surface area contributed by atoms with E-state index in [1.807, 2.05) is 0 Å². The first kappa shape index (κ1) is 16.2. The largest absolute Gasteiger partial charge is 0.485 e. The Balaban J connectivity index is 4.23. The molecule has 98 valence electrons. The summed E-state index contributed by atoms with van der Waals surface area (Å²) in [6.45, 7) is 5.76. The average Bonchev–Trinajstić information content (AvgIpc) is 2.09. The van der Waals surface area contributed by atoms with Crippen LogP contribution in [0.1, 0.15) is 27.2 Å². The van der Waals surface area contributed by atoms with Gasteiger partial charge in [0, 0.05) is 39.1 Å². The standard InChI is InChI=1S/C10H18O5SSi/c1-8(11)14-17(4,15-9(2)12)7-5-6-16-10(3)13/h5-7H2,1-4H3. The molecule has 0 atom stereocenters. The lowest BCUT2D eigenvalue weighted by molar-refractivity contribution is -0.138. The highest BCUT2D eigenvalue weighted by atomic mass is 32.2. The Morgan fingerprint density at radius 3 is 1.88 bits per heavy atom. The van der Waals surface area contributed by atoms with Crippen molar-refractivity contribution in [1.29, 1.82) is 0 Å². The van der Waals surface area contributed by atoms with Gasteiger partial charge in [-0.15, -0.1) is 0 Å². The van der Waals surface area contributed by atoms with E-state index in [1.165, 1.54) is 32.5 Å². The molecule has 0 saturated heterocycles. The molecule has 0 saturated carbocycles. The van der Waals surface area contributed by atoms with Crippen molar-refractivity contribution in [2.75, 3.05) is 5.75 Å². The van der Waals surface area contributed by atoms with Crippen LogP contribution in [0.15, 0.2) is 0 Å². The van der Waals surface area contributed by atoms with Crippen molar-refractivity contribution < 1.29 is 23.2 Å². The second kappa shape index (κ2) is 7.49. The highest BCUT2D eigenvalue weighted by Gasteiger charge is 2.37. The van der Waals surface area contributed by atoms with Crippen molar-refractivity contribution >= 4 is 37.4 Å². The topological polar surface area (TPSA) is 69.7 Å². The third kappa shape index (κ3) is 8.93. The quantitative estimate of drug-likeness (QED) is 0.545. The maximum absolute atomic E-state index is 10.9. The molecule has 0 aromatic rings. The maximum atomic E-state index is 10.9. The van der Waals surface area contributed by atoms with Crippen LogP contribution in [0.25, 0.3) is 0 Å². The first-order valence-electron chi connectivity index (χ1n) is 5.28. The fourth-order valence-electron chi connectivity index (χ4n) is 1.34. The lowest BCUT2D eigenvalue weighted by Crippen LogP contribution is -2.41. The second-order valence-electron chi connectivity index (χ2n) is 3.76. The van der Waals surface area contributed by atoms with Gasteiger partial charge in [0.25, 0.3) is 11.9 Å². The van der Waals surface area contributed by atoms with E-state index in [0.717, 1.165) is 0 Å². The first-order valence-corrected chi connectivity index (χ1v) is 8.78. The van der Waals surface area contributed by atoms with Gasteiger partial charge < -0.3 is 8.85 Å². The fourth-order valence-corrected chi connectivity index (χ4v) is 4.45. The smallest absolute Gasteiger partial charge is 0.461 e. The Bertz CT molecular complexity index is 289. The molecule has 0 heterocycles. The minimum absolute atomic E-state index is 0.0494. The summed E-state index contributed by atoms with van der Waals surface area (Å²) in [6.07, 6.45) is 0.674. The lowest BCUT2D eigenvalue weighted by Gasteiger charge is -2.24. The molecular weight excluding hydrogens is 260 g/mol. The van der Waals surface area contributed by atoms with E-state index in [-0.39, 0.29) is 5.12 Å². The van der Waals surface area contributed by atoms with Crippen LogP contribution in [-0.4, -0.2) is 31.4 Å². The molecule has 0 aliphatic carbocycles. The summed E-state index contributed by atoms with van der Waals surface area (Å²) >= 11 is 1.21. The van der Waals surface area contributed by atoms with E-state index in [2.05, 4.69) is 0 Å². The van der Waals surface area contributed by atoms with Crippen LogP contribution in [0.4, 0.5) is 0 Å². The normalized spacial score (nSPS) is 10.8. The molecular formula is C10H18O5SSi. The number of thioether (sulfide) groups is 1. The summed E-state index contributed by atoms with van der Waals surface area (Å²) in [4.78, 5) is 32.6. The molecule has 0 spiro atoms. The van der Waals surface area contributed by atoms with Gasteiger partial charge in [-0.3, -0.25) is 14.4 Å². The molecule has 0 aromatic carbocycles. The molecule has 0 aliphatic heterocycles. The van der Waals surface area contributed by atoms with Crippen molar-refractivity contribution in [2.24, 2.45) is 0 Å². The number of rotatable bonds is 6. The van der Waals surface area contributed by atoms with Crippen molar-refractivity contribution in [3.63, 3.8) is 0 Å². The van der Waals surface area contributed by atoms with Crippen molar-refractivity contribution in [3.8, 4) is 0 Å². The average molecular weight is 278 g/mol. The second-order valence-corrected chi connectivity index (χ2v) is 8.21. The van der Waals surface area contributed by atoms with Gasteiger partial charge in [0.05, 0.1) is 0 Å². The van der Waals surface area contributed by atoms with E-state index in [4.69, 9.17) is 8.85 Å². The molecule has 5 nitrogen and oxygen atoms in total. The Morgan fingerprint density at radius 1 is 1.06 bits per heavy atom. The van der Waals surface area contributed by atoms with Crippen LogP contribution in [0.3, 0.4) is 0 Å². The number of hydrogen-bond donors (Lipinski definition) is 0. The van der Waals surface area contributed by atoms with Crippen LogP contribution in [0, 0.1) is 0 Å². The number of carbonyl (C=O) groups excluding carboxylic acids is 3. The predicted octanol–water partition coefficient (Wildman–Crippen LogP) is 1.85. The summed E-state index contributed by atoms with van der Waals surface area (Å²) < 4.78 is 10.2. The molecule has 0 amide bonds. The Labute approximate surface area is 106 Å². The molecule has 0 aromatic heterocycles. The lowest BCUT2D eigenvalue weighted by atomic mass is 10.6. The Kier molecular flexibility index (Phi) is 7.13. The molecule has 17 heavy (non-hydrogen) atoms. The SMILES string of the molecule is CC(=O)O[Si](C)(CCCSC(C)=O)OC(C)=O. The highest BCUT2D eigenvalue weighted by molar-refractivity contribution is 8.13. The first-order chi connectivity index (χ1) is 7.75. The zero-order chi connectivity index (χ0) is 13.5. The van der Waals surface area contributed by atoms with E-state index in [9.17, 15) is 14.4 Å². The summed E-state index contributed by atoms with van der Waals surface area (Å²) in [5.74, 6) is -0.250. The molecule has 0 fully saturated rings. The van der Waals surface area contributed by atoms with Gasteiger partial charge in [0.1, 0.15) is 0 Å². The van der Waals surface area contributed by atoms with Crippen LogP contribution in [0.2, 0.25) is 12.6 Å². The molecule has 0 rings (SSSR count). The van der Waals surface area contributed by atoms with Gasteiger partial charge in [-0.1, -0.05) is 11.8 Å². The summed E-state index contributed by atoms with van der Waals surface area (Å²) in [5.41, 5.74) is 0. The Morgan fingerprint density at radius 2 is 1.53 bits per heavy atom. The highest BCUT2D eigenvalue weighted by Crippen LogP contribution is 2.18. The monoisotopic (exact) mass is 278 g/mol. The number of hydrogen-bond acceptors (Lipinski definition) is 6. The van der Waals surface area contributed by atoms with Crippen molar-refractivity contribution in [2.45, 2.75) is 39.8 Å². The maximum Gasteiger partial charge on any atom is 0.461 e. The third-order valence-corrected chi connectivity index (χ3v) is 5.40. The number of carbonyl (C=O) groups is 3. The van der Waals surface area contributed by atoms with Gasteiger partial charge in [0.15, 0.2) is 5.12 Å². The fraction of sp³-hybridized carbons (Fsp3) is 0.700. The molecule has 0 aliphatic rings. The molecule has 0 bridgehead atoms.